The van der Waals surface area contributed by atoms with Crippen LogP contribution in [0.1, 0.15) is 39.0 Å². The average Bonchev–Trinajstić information content (AvgIpc) is 3.30. The van der Waals surface area contributed by atoms with Gasteiger partial charge in [0.1, 0.15) is 11.3 Å². The third-order valence-corrected chi connectivity index (χ3v) is 5.31. The molecule has 1 amide bonds. The number of non-ortho nitro benzene ring substituents is 1. The zero-order chi connectivity index (χ0) is 21.9. The Labute approximate surface area is 174 Å². The van der Waals surface area contributed by atoms with E-state index in [9.17, 15) is 19.7 Å². The maximum atomic E-state index is 13.5. The quantitative estimate of drug-likeness (QED) is 0.364. The van der Waals surface area contributed by atoms with Crippen LogP contribution in [0.15, 0.2) is 62.3 Å². The Morgan fingerprint density at radius 2 is 1.81 bits per heavy atom. The number of aryl methyl sites for hydroxylation is 2. The summed E-state index contributed by atoms with van der Waals surface area (Å²) in [6.07, 6.45) is 0. The number of benzene rings is 2. The molecule has 31 heavy (non-hydrogen) atoms. The summed E-state index contributed by atoms with van der Waals surface area (Å²) >= 11 is 0. The molecule has 0 saturated carbocycles. The van der Waals surface area contributed by atoms with Crippen LogP contribution in [0.2, 0.25) is 0 Å². The number of nitrogens with zero attached hydrogens (tertiary/aromatic N) is 3. The number of carbonyl (C=O) groups excluding carboxylic acids is 1. The smallest absolute Gasteiger partial charge is 0.296 e. The molecule has 0 saturated heterocycles. The Hall–Kier alpha value is -4.27. The van der Waals surface area contributed by atoms with E-state index in [1.54, 1.807) is 31.2 Å². The van der Waals surface area contributed by atoms with E-state index in [1.165, 1.54) is 29.2 Å². The Morgan fingerprint density at radius 3 is 2.45 bits per heavy atom. The molecule has 0 bridgehead atoms. The number of nitro benzene ring substituents is 1. The predicted octanol–water partition coefficient (Wildman–Crippen LogP) is 4.06. The molecule has 9 heteroatoms. The van der Waals surface area contributed by atoms with E-state index < -0.39 is 16.9 Å². The van der Waals surface area contributed by atoms with Gasteiger partial charge in [-0.2, -0.15) is 0 Å². The lowest BCUT2D eigenvalue weighted by Gasteiger charge is -2.22. The molecule has 0 aliphatic carbocycles. The minimum Gasteiger partial charge on any atom is -0.450 e. The van der Waals surface area contributed by atoms with Crippen LogP contribution in [0, 0.1) is 24.0 Å². The molecule has 0 spiro atoms. The fourth-order valence-electron chi connectivity index (χ4n) is 3.88. The van der Waals surface area contributed by atoms with Gasteiger partial charge in [0.15, 0.2) is 11.2 Å². The molecule has 2 aromatic carbocycles. The minimum absolute atomic E-state index is 0.0784. The number of carbonyl (C=O) groups is 1. The summed E-state index contributed by atoms with van der Waals surface area (Å²) < 4.78 is 11.0. The van der Waals surface area contributed by atoms with Crippen molar-refractivity contribution < 1.29 is 18.7 Å². The zero-order valence-electron chi connectivity index (χ0n) is 16.5. The predicted molar refractivity (Wildman–Crippen MR) is 110 cm³/mol. The lowest BCUT2D eigenvalue weighted by Crippen LogP contribution is -2.29. The van der Waals surface area contributed by atoms with Crippen molar-refractivity contribution in [1.82, 2.24) is 5.16 Å². The van der Waals surface area contributed by atoms with Gasteiger partial charge in [-0.25, -0.2) is 0 Å². The van der Waals surface area contributed by atoms with Crippen LogP contribution in [-0.4, -0.2) is 16.0 Å². The molecule has 1 aliphatic heterocycles. The van der Waals surface area contributed by atoms with Gasteiger partial charge in [-0.1, -0.05) is 16.8 Å². The van der Waals surface area contributed by atoms with Crippen LogP contribution in [0.3, 0.4) is 0 Å². The first-order chi connectivity index (χ1) is 14.8. The van der Waals surface area contributed by atoms with Gasteiger partial charge in [0, 0.05) is 18.2 Å². The number of hydrogen-bond donors (Lipinski definition) is 0. The molecule has 3 heterocycles. The van der Waals surface area contributed by atoms with Crippen LogP contribution in [-0.2, 0) is 0 Å². The molecule has 2 aromatic heterocycles. The first kappa shape index (κ1) is 18.7. The molecule has 1 aliphatic rings. The zero-order valence-corrected chi connectivity index (χ0v) is 16.5. The van der Waals surface area contributed by atoms with Gasteiger partial charge < -0.3 is 8.94 Å². The first-order valence-electron chi connectivity index (χ1n) is 9.44. The van der Waals surface area contributed by atoms with Crippen molar-refractivity contribution in [3.05, 3.63) is 97.1 Å². The van der Waals surface area contributed by atoms with Crippen LogP contribution in [0.25, 0.3) is 11.0 Å². The molecule has 4 aromatic rings. The molecule has 154 valence electrons. The number of anilines is 1. The van der Waals surface area contributed by atoms with E-state index in [0.29, 0.717) is 22.3 Å². The highest BCUT2D eigenvalue weighted by atomic mass is 16.6. The number of hydrogen-bond acceptors (Lipinski definition) is 7. The highest BCUT2D eigenvalue weighted by Crippen LogP contribution is 2.41. The van der Waals surface area contributed by atoms with Gasteiger partial charge >= 0.3 is 0 Å². The Balaban J connectivity index is 1.79. The number of aromatic nitrogens is 1. The standard InChI is InChI=1S/C22H15N3O6/c1-11-3-8-16-15(9-11)20(26)18-19(13-4-6-14(7-5-13)25(28)29)24(22(27)21(18)30-16)17-10-12(2)31-23-17/h3-10,19H,1-2H3/t19-/m1/s1. The summed E-state index contributed by atoms with van der Waals surface area (Å²) in [6.45, 7) is 3.54. The minimum atomic E-state index is -0.867. The topological polar surface area (TPSA) is 120 Å². The fourth-order valence-corrected chi connectivity index (χ4v) is 3.88. The lowest BCUT2D eigenvalue weighted by molar-refractivity contribution is -0.384. The second kappa shape index (κ2) is 6.63. The summed E-state index contributed by atoms with van der Waals surface area (Å²) in [7, 11) is 0. The molecule has 0 N–H and O–H groups in total. The van der Waals surface area contributed by atoms with E-state index in [4.69, 9.17) is 8.94 Å². The van der Waals surface area contributed by atoms with Gasteiger partial charge in [-0.05, 0) is 43.7 Å². The second-order valence-corrected chi connectivity index (χ2v) is 7.40. The van der Waals surface area contributed by atoms with Crippen molar-refractivity contribution in [2.75, 3.05) is 4.90 Å². The third kappa shape index (κ3) is 2.82. The van der Waals surface area contributed by atoms with Crippen molar-refractivity contribution in [2.24, 2.45) is 0 Å². The largest absolute Gasteiger partial charge is 0.450 e. The molecular formula is C22H15N3O6. The molecule has 5 rings (SSSR count). The van der Waals surface area contributed by atoms with E-state index in [-0.39, 0.29) is 28.3 Å². The normalized spacial score (nSPS) is 15.5. The number of nitro groups is 1. The summed E-state index contributed by atoms with van der Waals surface area (Å²) in [5, 5.41) is 15.4. The maximum absolute atomic E-state index is 13.5. The van der Waals surface area contributed by atoms with Crippen LogP contribution in [0.5, 0.6) is 0 Å². The SMILES string of the molecule is Cc1ccc2oc3c(c(=O)c2c1)[C@@H](c1ccc([N+](=O)[O-])cc1)N(c1cc(C)on1)C3=O. The molecule has 0 unspecified atom stereocenters. The average molecular weight is 417 g/mol. The number of fused-ring (bicyclic) bond motifs is 2. The van der Waals surface area contributed by atoms with E-state index >= 15 is 0 Å². The van der Waals surface area contributed by atoms with E-state index in [2.05, 4.69) is 5.16 Å². The molecule has 9 nitrogen and oxygen atoms in total. The van der Waals surface area contributed by atoms with Crippen molar-refractivity contribution in [2.45, 2.75) is 19.9 Å². The lowest BCUT2D eigenvalue weighted by atomic mass is 9.98. The van der Waals surface area contributed by atoms with Crippen LogP contribution in [0.4, 0.5) is 11.5 Å². The molecule has 0 fully saturated rings. The van der Waals surface area contributed by atoms with Crippen molar-refractivity contribution in [1.29, 1.82) is 0 Å². The van der Waals surface area contributed by atoms with Gasteiger partial charge in [0.05, 0.1) is 21.9 Å². The van der Waals surface area contributed by atoms with Gasteiger partial charge in [-0.3, -0.25) is 24.6 Å². The summed E-state index contributed by atoms with van der Waals surface area (Å²) in [5.74, 6) is 0.0924. The van der Waals surface area contributed by atoms with Crippen molar-refractivity contribution >= 4 is 28.4 Å². The first-order valence-corrected chi connectivity index (χ1v) is 9.44. The fraction of sp³-hybridized carbons (Fsp3) is 0.136. The van der Waals surface area contributed by atoms with Crippen LogP contribution >= 0.6 is 0 Å². The Bertz CT molecular complexity index is 1430. The Morgan fingerprint density at radius 1 is 1.06 bits per heavy atom. The maximum Gasteiger partial charge on any atom is 0.296 e. The Kier molecular flexibility index (Phi) is 4.01. The van der Waals surface area contributed by atoms with Gasteiger partial charge in [0.25, 0.3) is 11.6 Å². The van der Waals surface area contributed by atoms with Crippen molar-refractivity contribution in [3.8, 4) is 0 Å². The van der Waals surface area contributed by atoms with Crippen molar-refractivity contribution in [3.63, 3.8) is 0 Å². The third-order valence-electron chi connectivity index (χ3n) is 5.31. The summed E-state index contributed by atoms with van der Waals surface area (Å²) in [4.78, 5) is 38.7. The summed E-state index contributed by atoms with van der Waals surface area (Å²) in [5.41, 5.74) is 1.43. The monoisotopic (exact) mass is 417 g/mol. The van der Waals surface area contributed by atoms with Crippen LogP contribution < -0.4 is 10.3 Å². The number of rotatable bonds is 3. The van der Waals surface area contributed by atoms with E-state index in [1.807, 2.05) is 6.92 Å². The van der Waals surface area contributed by atoms with Gasteiger partial charge in [0.2, 0.25) is 5.76 Å². The molecular weight excluding hydrogens is 402 g/mol. The number of amides is 1. The molecule has 1 atom stereocenters. The summed E-state index contributed by atoms with van der Waals surface area (Å²) in [6, 6.07) is 11.6. The molecule has 0 radical (unpaired) electrons. The van der Waals surface area contributed by atoms with Gasteiger partial charge in [-0.15, -0.1) is 0 Å². The van der Waals surface area contributed by atoms with E-state index in [0.717, 1.165) is 5.56 Å². The highest BCUT2D eigenvalue weighted by molar-refractivity contribution is 6.10. The second-order valence-electron chi connectivity index (χ2n) is 7.40. The highest BCUT2D eigenvalue weighted by Gasteiger charge is 2.45.